The Morgan fingerprint density at radius 3 is 2.52 bits per heavy atom. The standard InChI is InChI=1S/C22H19Br2ClF4N2O2/c1-2-3-19(32)30-10-12-5-4-11(8-16(12)25)17-9-18(33-31-17)20(22(27,28)29)13-6-14(23)21(26)15(24)7-13/h4-8,18,20H,2-3,9-10H2,1H3,(H,30,32). The Morgan fingerprint density at radius 1 is 1.27 bits per heavy atom. The van der Waals surface area contributed by atoms with Crippen LogP contribution in [0, 0.1) is 5.82 Å². The molecular formula is C22H19Br2ClF4N2O2. The van der Waals surface area contributed by atoms with Gasteiger partial charge in [-0.05, 0) is 67.6 Å². The highest BCUT2D eigenvalue weighted by molar-refractivity contribution is 9.11. The smallest absolute Gasteiger partial charge is 0.391 e. The molecule has 2 aromatic rings. The van der Waals surface area contributed by atoms with Crippen molar-refractivity contribution in [2.75, 3.05) is 0 Å². The van der Waals surface area contributed by atoms with Gasteiger partial charge in [-0.2, -0.15) is 13.2 Å². The monoisotopic (exact) mass is 612 g/mol. The molecule has 0 fully saturated rings. The average Bonchev–Trinajstić information content (AvgIpc) is 3.19. The van der Waals surface area contributed by atoms with E-state index in [1.165, 1.54) is 0 Å². The van der Waals surface area contributed by atoms with E-state index in [9.17, 15) is 22.4 Å². The van der Waals surface area contributed by atoms with Crippen molar-refractivity contribution in [3.8, 4) is 0 Å². The summed E-state index contributed by atoms with van der Waals surface area (Å²) in [5.74, 6) is -2.80. The minimum Gasteiger partial charge on any atom is -0.391 e. The van der Waals surface area contributed by atoms with E-state index in [-0.39, 0.29) is 33.4 Å². The first-order valence-electron chi connectivity index (χ1n) is 10.0. The van der Waals surface area contributed by atoms with Crippen LogP contribution in [0.5, 0.6) is 0 Å². The highest BCUT2D eigenvalue weighted by Gasteiger charge is 2.49. The van der Waals surface area contributed by atoms with Gasteiger partial charge in [-0.1, -0.05) is 35.8 Å². The number of amides is 1. The van der Waals surface area contributed by atoms with E-state index in [2.05, 4.69) is 42.3 Å². The van der Waals surface area contributed by atoms with Gasteiger partial charge >= 0.3 is 6.18 Å². The Bertz CT molecular complexity index is 1060. The SMILES string of the molecule is CCCC(=O)NCc1ccc(C2=NOC(C(c3cc(Br)c(F)c(Br)c3)C(F)(F)F)C2)cc1Cl. The zero-order valence-electron chi connectivity index (χ0n) is 17.3. The molecule has 0 aromatic heterocycles. The van der Waals surface area contributed by atoms with Gasteiger partial charge < -0.3 is 10.2 Å². The van der Waals surface area contributed by atoms with Crippen molar-refractivity contribution in [2.24, 2.45) is 5.16 Å². The fourth-order valence-electron chi connectivity index (χ4n) is 3.49. The Balaban J connectivity index is 1.77. The Morgan fingerprint density at radius 2 is 1.94 bits per heavy atom. The van der Waals surface area contributed by atoms with Crippen LogP contribution in [0.15, 0.2) is 44.4 Å². The number of rotatable bonds is 7. The summed E-state index contributed by atoms with van der Waals surface area (Å²) >= 11 is 12.2. The maximum absolute atomic E-state index is 14.0. The Labute approximate surface area is 210 Å². The van der Waals surface area contributed by atoms with Crippen LogP contribution < -0.4 is 5.32 Å². The predicted molar refractivity (Wildman–Crippen MR) is 125 cm³/mol. The minimum absolute atomic E-state index is 0.0892. The molecule has 2 aromatic carbocycles. The third-order valence-corrected chi connectivity index (χ3v) is 6.63. The highest BCUT2D eigenvalue weighted by Crippen LogP contribution is 2.44. The molecule has 1 N–H and O–H groups in total. The fourth-order valence-corrected chi connectivity index (χ4v) is 4.96. The molecule has 33 heavy (non-hydrogen) atoms. The van der Waals surface area contributed by atoms with Crippen molar-refractivity contribution < 1.29 is 27.2 Å². The first-order valence-corrected chi connectivity index (χ1v) is 12.0. The summed E-state index contributed by atoms with van der Waals surface area (Å²) in [7, 11) is 0. The van der Waals surface area contributed by atoms with Gasteiger partial charge in [-0.3, -0.25) is 4.79 Å². The highest BCUT2D eigenvalue weighted by atomic mass is 79.9. The van der Waals surface area contributed by atoms with Gasteiger partial charge in [-0.25, -0.2) is 4.39 Å². The van der Waals surface area contributed by atoms with Crippen molar-refractivity contribution in [1.82, 2.24) is 5.32 Å². The maximum atomic E-state index is 14.0. The zero-order valence-corrected chi connectivity index (χ0v) is 21.2. The normalized spacial score (nSPS) is 16.8. The molecular weight excluding hydrogens is 596 g/mol. The summed E-state index contributed by atoms with van der Waals surface area (Å²) in [6.45, 7) is 2.14. The van der Waals surface area contributed by atoms with Gasteiger partial charge in [0.05, 0.1) is 14.7 Å². The van der Waals surface area contributed by atoms with Crippen LogP contribution >= 0.6 is 43.5 Å². The Kier molecular flexibility index (Phi) is 8.45. The lowest BCUT2D eigenvalue weighted by Crippen LogP contribution is -2.32. The molecule has 0 aliphatic carbocycles. The summed E-state index contributed by atoms with van der Waals surface area (Å²) < 4.78 is 55.6. The molecule has 2 atom stereocenters. The number of carbonyl (C=O) groups excluding carboxylic acids is 1. The third-order valence-electron chi connectivity index (χ3n) is 5.12. The Hall–Kier alpha value is -1.65. The number of oxime groups is 1. The molecule has 0 radical (unpaired) electrons. The summed E-state index contributed by atoms with van der Waals surface area (Å²) in [6.07, 6.45) is -4.95. The quantitative estimate of drug-likeness (QED) is 0.264. The van der Waals surface area contributed by atoms with E-state index >= 15 is 0 Å². The van der Waals surface area contributed by atoms with E-state index in [1.807, 2.05) is 6.92 Å². The molecule has 0 saturated carbocycles. The van der Waals surface area contributed by atoms with Crippen LogP contribution in [0.2, 0.25) is 5.02 Å². The van der Waals surface area contributed by atoms with Crippen molar-refractivity contribution in [3.05, 3.63) is 66.8 Å². The van der Waals surface area contributed by atoms with Crippen LogP contribution in [0.1, 0.15) is 48.8 Å². The summed E-state index contributed by atoms with van der Waals surface area (Å²) in [5, 5.41) is 6.99. The minimum atomic E-state index is -4.65. The molecule has 0 spiro atoms. The van der Waals surface area contributed by atoms with Gasteiger partial charge in [0, 0.05) is 30.0 Å². The second-order valence-corrected chi connectivity index (χ2v) is 9.65. The molecule has 0 bridgehead atoms. The molecule has 11 heteroatoms. The van der Waals surface area contributed by atoms with Crippen molar-refractivity contribution >= 4 is 55.1 Å². The second-order valence-electron chi connectivity index (χ2n) is 7.54. The molecule has 0 saturated heterocycles. The fraction of sp³-hybridized carbons (Fsp3) is 0.364. The maximum Gasteiger partial charge on any atom is 0.399 e. The van der Waals surface area contributed by atoms with E-state index in [0.29, 0.717) is 28.3 Å². The number of nitrogens with zero attached hydrogens (tertiary/aromatic N) is 1. The molecule has 4 nitrogen and oxygen atoms in total. The number of nitrogens with one attached hydrogen (secondary N) is 1. The molecule has 3 rings (SSSR count). The van der Waals surface area contributed by atoms with Gasteiger partial charge in [0.2, 0.25) is 5.91 Å². The van der Waals surface area contributed by atoms with E-state index in [4.69, 9.17) is 16.4 Å². The van der Waals surface area contributed by atoms with E-state index < -0.39 is 24.0 Å². The second kappa shape index (κ2) is 10.7. The third kappa shape index (κ3) is 6.27. The van der Waals surface area contributed by atoms with Gasteiger partial charge in [0.25, 0.3) is 0 Å². The molecule has 1 heterocycles. The number of benzene rings is 2. The summed E-state index contributed by atoms with van der Waals surface area (Å²) in [4.78, 5) is 16.8. The topological polar surface area (TPSA) is 50.7 Å². The van der Waals surface area contributed by atoms with Crippen molar-refractivity contribution in [1.29, 1.82) is 0 Å². The van der Waals surface area contributed by atoms with Crippen LogP contribution in [-0.2, 0) is 16.2 Å². The van der Waals surface area contributed by atoms with E-state index in [1.54, 1.807) is 18.2 Å². The van der Waals surface area contributed by atoms with Crippen LogP contribution in [0.4, 0.5) is 17.6 Å². The number of carbonyl (C=O) groups is 1. The van der Waals surface area contributed by atoms with Crippen LogP contribution in [-0.4, -0.2) is 23.9 Å². The molecule has 1 aliphatic rings. The molecule has 1 aliphatic heterocycles. The largest absolute Gasteiger partial charge is 0.399 e. The van der Waals surface area contributed by atoms with Crippen molar-refractivity contribution in [2.45, 2.75) is 50.9 Å². The van der Waals surface area contributed by atoms with Gasteiger partial charge in [0.15, 0.2) is 5.82 Å². The number of alkyl halides is 3. The predicted octanol–water partition coefficient (Wildman–Crippen LogP) is 7.26. The van der Waals surface area contributed by atoms with E-state index in [0.717, 1.165) is 18.6 Å². The van der Waals surface area contributed by atoms with Gasteiger partial charge in [-0.15, -0.1) is 0 Å². The van der Waals surface area contributed by atoms with Crippen molar-refractivity contribution in [3.63, 3.8) is 0 Å². The summed E-state index contributed by atoms with van der Waals surface area (Å²) in [6, 6.07) is 7.14. The first kappa shape index (κ1) is 26.0. The lowest BCUT2D eigenvalue weighted by molar-refractivity contribution is -0.176. The molecule has 178 valence electrons. The number of halogens is 7. The zero-order chi connectivity index (χ0) is 24.3. The van der Waals surface area contributed by atoms with Crippen LogP contribution in [0.3, 0.4) is 0 Å². The van der Waals surface area contributed by atoms with Gasteiger partial charge in [0.1, 0.15) is 12.0 Å². The molecule has 2 unspecified atom stereocenters. The summed E-state index contributed by atoms with van der Waals surface area (Å²) in [5.41, 5.74) is 1.36. The lowest BCUT2D eigenvalue weighted by atomic mass is 9.89. The number of hydrogen-bond acceptors (Lipinski definition) is 3. The first-order chi connectivity index (χ1) is 15.5. The van der Waals surface area contributed by atoms with Crippen LogP contribution in [0.25, 0.3) is 0 Å². The lowest BCUT2D eigenvalue weighted by Gasteiger charge is -2.25. The molecule has 1 amide bonds. The number of hydrogen-bond donors (Lipinski definition) is 1. The average molecular weight is 615 g/mol.